The van der Waals surface area contributed by atoms with Gasteiger partial charge in [-0.2, -0.15) is 0 Å². The topological polar surface area (TPSA) is 44.1 Å². The van der Waals surface area contributed by atoms with Crippen molar-refractivity contribution in [2.45, 2.75) is 25.9 Å². The fourth-order valence-corrected chi connectivity index (χ4v) is 5.08. The lowest BCUT2D eigenvalue weighted by molar-refractivity contribution is 0.344. The number of hydrogen-bond acceptors (Lipinski definition) is 5. The standard InChI is InChI=1S/C23H22N2O2S2/c1-15-8-7-9-18(14-15)25-22(26)20-16(2)17(3)29-21(20)24-23(25)28-13-12-27-19-10-5-4-6-11-19/h4-11,14H,12-13H2,1-3H3. The minimum absolute atomic E-state index is 0.00562. The van der Waals surface area contributed by atoms with Crippen LogP contribution in [0, 0.1) is 20.8 Å². The van der Waals surface area contributed by atoms with E-state index in [9.17, 15) is 4.79 Å². The van der Waals surface area contributed by atoms with E-state index in [1.807, 2.05) is 75.4 Å². The predicted octanol–water partition coefficient (Wildman–Crippen LogP) is 5.54. The Morgan fingerprint density at radius 2 is 1.86 bits per heavy atom. The zero-order valence-corrected chi connectivity index (χ0v) is 18.3. The van der Waals surface area contributed by atoms with Crippen molar-refractivity contribution in [1.82, 2.24) is 9.55 Å². The van der Waals surface area contributed by atoms with Crippen LogP contribution in [0.2, 0.25) is 0 Å². The van der Waals surface area contributed by atoms with E-state index in [1.165, 1.54) is 0 Å². The van der Waals surface area contributed by atoms with Gasteiger partial charge >= 0.3 is 0 Å². The molecule has 4 nitrogen and oxygen atoms in total. The summed E-state index contributed by atoms with van der Waals surface area (Å²) in [4.78, 5) is 20.2. The van der Waals surface area contributed by atoms with Crippen molar-refractivity contribution < 1.29 is 4.74 Å². The third-order valence-corrected chi connectivity index (χ3v) is 6.76. The number of fused-ring (bicyclic) bond motifs is 1. The molecule has 0 N–H and O–H groups in total. The molecule has 0 saturated carbocycles. The van der Waals surface area contributed by atoms with Gasteiger partial charge in [-0.05, 0) is 56.2 Å². The van der Waals surface area contributed by atoms with E-state index in [4.69, 9.17) is 9.72 Å². The second-order valence-electron chi connectivity index (χ2n) is 6.85. The lowest BCUT2D eigenvalue weighted by Gasteiger charge is -2.13. The zero-order chi connectivity index (χ0) is 20.4. The van der Waals surface area contributed by atoms with E-state index in [0.717, 1.165) is 37.7 Å². The maximum absolute atomic E-state index is 13.4. The van der Waals surface area contributed by atoms with Gasteiger partial charge in [-0.1, -0.05) is 42.1 Å². The smallest absolute Gasteiger partial charge is 0.267 e. The molecule has 4 aromatic rings. The van der Waals surface area contributed by atoms with Crippen LogP contribution in [0.15, 0.2) is 64.5 Å². The molecular weight excluding hydrogens is 400 g/mol. The molecule has 0 amide bonds. The molecule has 0 atom stereocenters. The average molecular weight is 423 g/mol. The van der Waals surface area contributed by atoms with Gasteiger partial charge in [0.2, 0.25) is 0 Å². The first-order chi connectivity index (χ1) is 14.0. The highest BCUT2D eigenvalue weighted by Crippen LogP contribution is 2.29. The Labute approximate surface area is 178 Å². The fraction of sp³-hybridized carbons (Fsp3) is 0.217. The summed E-state index contributed by atoms with van der Waals surface area (Å²) < 4.78 is 7.54. The van der Waals surface area contributed by atoms with Gasteiger partial charge in [0.1, 0.15) is 10.6 Å². The van der Waals surface area contributed by atoms with Crippen molar-refractivity contribution in [3.05, 3.63) is 81.0 Å². The molecule has 148 valence electrons. The molecule has 6 heteroatoms. The van der Waals surface area contributed by atoms with Crippen molar-refractivity contribution in [1.29, 1.82) is 0 Å². The predicted molar refractivity (Wildman–Crippen MR) is 122 cm³/mol. The third-order valence-electron chi connectivity index (χ3n) is 4.76. The summed E-state index contributed by atoms with van der Waals surface area (Å²) in [5, 5.41) is 1.42. The summed E-state index contributed by atoms with van der Waals surface area (Å²) >= 11 is 3.13. The van der Waals surface area contributed by atoms with Crippen molar-refractivity contribution in [3.63, 3.8) is 0 Å². The van der Waals surface area contributed by atoms with Crippen LogP contribution < -0.4 is 10.3 Å². The molecule has 0 saturated heterocycles. The van der Waals surface area contributed by atoms with Crippen LogP contribution in [0.1, 0.15) is 16.0 Å². The average Bonchev–Trinajstić information content (AvgIpc) is 3.00. The van der Waals surface area contributed by atoms with Crippen molar-refractivity contribution in [2.75, 3.05) is 12.4 Å². The molecule has 2 heterocycles. The molecule has 2 aromatic heterocycles. The molecule has 0 spiro atoms. The number of nitrogens with zero attached hydrogens (tertiary/aromatic N) is 2. The molecule has 0 bridgehead atoms. The zero-order valence-electron chi connectivity index (χ0n) is 16.6. The van der Waals surface area contributed by atoms with Gasteiger partial charge in [-0.15, -0.1) is 11.3 Å². The first-order valence-electron chi connectivity index (χ1n) is 9.45. The quantitative estimate of drug-likeness (QED) is 0.232. The number of aryl methyl sites for hydroxylation is 3. The van der Waals surface area contributed by atoms with Crippen LogP contribution in [-0.4, -0.2) is 21.9 Å². The van der Waals surface area contributed by atoms with Crippen LogP contribution in [0.25, 0.3) is 15.9 Å². The maximum Gasteiger partial charge on any atom is 0.267 e. The Bertz CT molecular complexity index is 1210. The van der Waals surface area contributed by atoms with Gasteiger partial charge in [0, 0.05) is 10.6 Å². The summed E-state index contributed by atoms with van der Waals surface area (Å²) in [6.07, 6.45) is 0. The van der Waals surface area contributed by atoms with Crippen LogP contribution in [-0.2, 0) is 0 Å². The molecule has 0 aliphatic rings. The van der Waals surface area contributed by atoms with Crippen LogP contribution in [0.3, 0.4) is 0 Å². The monoisotopic (exact) mass is 422 g/mol. The van der Waals surface area contributed by atoms with Crippen LogP contribution >= 0.6 is 23.1 Å². The summed E-state index contributed by atoms with van der Waals surface area (Å²) in [7, 11) is 0. The first kappa shape index (κ1) is 19.7. The first-order valence-corrected chi connectivity index (χ1v) is 11.3. The van der Waals surface area contributed by atoms with Gasteiger partial charge < -0.3 is 4.74 Å². The maximum atomic E-state index is 13.4. The van der Waals surface area contributed by atoms with Crippen molar-refractivity contribution in [2.24, 2.45) is 0 Å². The Balaban J connectivity index is 1.69. The largest absolute Gasteiger partial charge is 0.493 e. The molecule has 29 heavy (non-hydrogen) atoms. The highest BCUT2D eigenvalue weighted by Gasteiger charge is 2.18. The minimum Gasteiger partial charge on any atom is -0.493 e. The Hall–Kier alpha value is -2.57. The normalized spacial score (nSPS) is 11.1. The van der Waals surface area contributed by atoms with Gasteiger partial charge in [0.05, 0.1) is 17.7 Å². The van der Waals surface area contributed by atoms with Gasteiger partial charge in [0.25, 0.3) is 5.56 Å². The van der Waals surface area contributed by atoms with E-state index >= 15 is 0 Å². The Morgan fingerprint density at radius 1 is 1.07 bits per heavy atom. The lowest BCUT2D eigenvalue weighted by Crippen LogP contribution is -2.22. The molecule has 0 aliphatic carbocycles. The number of aromatic nitrogens is 2. The third kappa shape index (κ3) is 4.09. The van der Waals surface area contributed by atoms with Gasteiger partial charge in [-0.25, -0.2) is 4.98 Å². The van der Waals surface area contributed by atoms with E-state index in [0.29, 0.717) is 17.5 Å². The highest BCUT2D eigenvalue weighted by atomic mass is 32.2. The summed E-state index contributed by atoms with van der Waals surface area (Å²) in [6, 6.07) is 17.7. The van der Waals surface area contributed by atoms with E-state index in [2.05, 4.69) is 0 Å². The van der Waals surface area contributed by atoms with Gasteiger partial charge in [0.15, 0.2) is 5.16 Å². The number of thioether (sulfide) groups is 1. The minimum atomic E-state index is -0.00562. The van der Waals surface area contributed by atoms with Gasteiger partial charge in [-0.3, -0.25) is 9.36 Å². The summed E-state index contributed by atoms with van der Waals surface area (Å²) in [5.74, 6) is 1.54. The SMILES string of the molecule is Cc1cccc(-n2c(SCCOc3ccccc3)nc3sc(C)c(C)c3c2=O)c1. The van der Waals surface area contributed by atoms with Crippen LogP contribution in [0.4, 0.5) is 0 Å². The number of thiophene rings is 1. The molecule has 0 aliphatic heterocycles. The summed E-state index contributed by atoms with van der Waals surface area (Å²) in [5.41, 5.74) is 2.97. The van der Waals surface area contributed by atoms with E-state index < -0.39 is 0 Å². The number of ether oxygens (including phenoxy) is 1. The lowest BCUT2D eigenvalue weighted by atomic mass is 10.2. The van der Waals surface area contributed by atoms with Crippen molar-refractivity contribution in [3.8, 4) is 11.4 Å². The summed E-state index contributed by atoms with van der Waals surface area (Å²) in [6.45, 7) is 6.61. The second kappa shape index (κ2) is 8.43. The highest BCUT2D eigenvalue weighted by molar-refractivity contribution is 7.99. The Kier molecular flexibility index (Phi) is 5.74. The number of para-hydroxylation sites is 1. The number of hydrogen-bond donors (Lipinski definition) is 0. The van der Waals surface area contributed by atoms with Crippen molar-refractivity contribution >= 4 is 33.3 Å². The fourth-order valence-electron chi connectivity index (χ4n) is 3.18. The molecule has 0 unspecified atom stereocenters. The number of rotatable bonds is 6. The molecular formula is C23H22N2O2S2. The molecule has 0 radical (unpaired) electrons. The van der Waals surface area contributed by atoms with Crippen LogP contribution in [0.5, 0.6) is 5.75 Å². The molecule has 2 aromatic carbocycles. The molecule has 0 fully saturated rings. The number of benzene rings is 2. The van der Waals surface area contributed by atoms with E-state index in [-0.39, 0.29) is 5.56 Å². The Morgan fingerprint density at radius 3 is 2.62 bits per heavy atom. The van der Waals surface area contributed by atoms with E-state index in [1.54, 1.807) is 27.7 Å². The second-order valence-corrected chi connectivity index (χ2v) is 9.11. The molecule has 4 rings (SSSR count).